The molecule has 1 aromatic rings. The van der Waals surface area contributed by atoms with Crippen LogP contribution in [0.1, 0.15) is 11.3 Å². The molecule has 0 aliphatic heterocycles. The van der Waals surface area contributed by atoms with Crippen LogP contribution in [0.15, 0.2) is 6.20 Å². The zero-order valence-electron chi connectivity index (χ0n) is 7.27. The van der Waals surface area contributed by atoms with Crippen LogP contribution in [0, 0.1) is 18.3 Å². The van der Waals surface area contributed by atoms with Gasteiger partial charge in [-0.05, 0) is 6.92 Å². The highest BCUT2D eigenvalue weighted by molar-refractivity contribution is 7.89. The molecule has 0 spiro atoms. The molecule has 0 unspecified atom stereocenters. The van der Waals surface area contributed by atoms with Gasteiger partial charge in [0.25, 0.3) is 0 Å². The zero-order chi connectivity index (χ0) is 10.2. The molecule has 70 valence electrons. The second kappa shape index (κ2) is 2.78. The van der Waals surface area contributed by atoms with Crippen molar-refractivity contribution in [1.82, 2.24) is 3.97 Å². The molecule has 0 bridgehead atoms. The molecule has 0 aliphatic carbocycles. The van der Waals surface area contributed by atoms with Crippen LogP contribution in [-0.2, 0) is 10.0 Å². The predicted octanol–water partition coefficient (Wildman–Crippen LogP) is 0.0581. The lowest BCUT2D eigenvalue weighted by molar-refractivity contribution is 0.593. The van der Waals surface area contributed by atoms with Crippen molar-refractivity contribution in [2.75, 3.05) is 12.0 Å². The summed E-state index contributed by atoms with van der Waals surface area (Å²) in [6, 6.07) is 1.80. The highest BCUT2D eigenvalue weighted by Crippen LogP contribution is 2.18. The Balaban J connectivity index is 3.60. The smallest absolute Gasteiger partial charge is 0.236 e. The lowest BCUT2D eigenvalue weighted by atomic mass is 10.2. The standard InChI is InChI=1S/C7H9N3O2S/c1-5-6(9)4-10(7(5)3-8)13(2,11)12/h4H,9H2,1-2H3. The maximum atomic E-state index is 11.1. The van der Waals surface area contributed by atoms with Gasteiger partial charge in [-0.15, -0.1) is 0 Å². The summed E-state index contributed by atoms with van der Waals surface area (Å²) >= 11 is 0. The zero-order valence-corrected chi connectivity index (χ0v) is 8.09. The van der Waals surface area contributed by atoms with E-state index in [1.807, 2.05) is 0 Å². The van der Waals surface area contributed by atoms with Crippen molar-refractivity contribution >= 4 is 15.7 Å². The van der Waals surface area contributed by atoms with E-state index in [4.69, 9.17) is 11.0 Å². The van der Waals surface area contributed by atoms with Gasteiger partial charge < -0.3 is 5.73 Å². The Labute approximate surface area is 76.4 Å². The van der Waals surface area contributed by atoms with Crippen molar-refractivity contribution < 1.29 is 8.42 Å². The number of nitrogen functional groups attached to an aromatic ring is 1. The van der Waals surface area contributed by atoms with Crippen LogP contribution in [0.4, 0.5) is 5.69 Å². The number of anilines is 1. The lowest BCUT2D eigenvalue weighted by Gasteiger charge is -1.99. The first-order chi connectivity index (χ1) is 5.88. The number of hydrogen-bond acceptors (Lipinski definition) is 4. The minimum Gasteiger partial charge on any atom is -0.397 e. The SMILES string of the molecule is Cc1c(N)cn(S(C)(=O)=O)c1C#N. The molecule has 2 N–H and O–H groups in total. The van der Waals surface area contributed by atoms with E-state index in [2.05, 4.69) is 0 Å². The maximum Gasteiger partial charge on any atom is 0.236 e. The largest absolute Gasteiger partial charge is 0.397 e. The first-order valence-corrected chi connectivity index (χ1v) is 5.31. The molecule has 0 amide bonds. The fourth-order valence-corrected chi connectivity index (χ4v) is 1.80. The predicted molar refractivity (Wildman–Crippen MR) is 48.5 cm³/mol. The molecule has 13 heavy (non-hydrogen) atoms. The molecule has 0 aliphatic rings. The van der Waals surface area contributed by atoms with Gasteiger partial charge in [-0.3, -0.25) is 0 Å². The second-order valence-electron chi connectivity index (χ2n) is 2.73. The summed E-state index contributed by atoms with van der Waals surface area (Å²) in [6.45, 7) is 1.61. The van der Waals surface area contributed by atoms with E-state index in [9.17, 15) is 8.42 Å². The highest BCUT2D eigenvalue weighted by atomic mass is 32.2. The summed E-state index contributed by atoms with van der Waals surface area (Å²) in [5.41, 5.74) is 6.35. The van der Waals surface area contributed by atoms with Crippen LogP contribution in [0.3, 0.4) is 0 Å². The van der Waals surface area contributed by atoms with E-state index < -0.39 is 10.0 Å². The van der Waals surface area contributed by atoms with Gasteiger partial charge in [0.1, 0.15) is 11.8 Å². The van der Waals surface area contributed by atoms with Crippen molar-refractivity contribution in [2.45, 2.75) is 6.92 Å². The fourth-order valence-electron chi connectivity index (χ4n) is 0.984. The molecule has 0 atom stereocenters. The molecular formula is C7H9N3O2S. The van der Waals surface area contributed by atoms with Crippen molar-refractivity contribution in [3.63, 3.8) is 0 Å². The molecular weight excluding hydrogens is 190 g/mol. The summed E-state index contributed by atoms with van der Waals surface area (Å²) in [6.07, 6.45) is 2.26. The minimum atomic E-state index is -3.43. The van der Waals surface area contributed by atoms with Gasteiger partial charge in [0.15, 0.2) is 0 Å². The summed E-state index contributed by atoms with van der Waals surface area (Å²) in [4.78, 5) is 0. The third-order valence-corrected chi connectivity index (χ3v) is 2.73. The molecule has 0 fully saturated rings. The molecule has 6 heteroatoms. The number of nitrogens with two attached hydrogens (primary N) is 1. The number of nitrogens with zero attached hydrogens (tertiary/aromatic N) is 2. The van der Waals surface area contributed by atoms with Crippen LogP contribution < -0.4 is 5.73 Å². The first-order valence-electron chi connectivity index (χ1n) is 3.46. The topological polar surface area (TPSA) is 88.9 Å². The first kappa shape index (κ1) is 9.61. The van der Waals surface area contributed by atoms with E-state index in [0.29, 0.717) is 11.3 Å². The Bertz CT molecular complexity index is 479. The molecule has 1 heterocycles. The number of nitriles is 1. The minimum absolute atomic E-state index is 0.0694. The van der Waals surface area contributed by atoms with Crippen molar-refractivity contribution in [3.05, 3.63) is 17.5 Å². The van der Waals surface area contributed by atoms with Crippen LogP contribution in [0.25, 0.3) is 0 Å². The van der Waals surface area contributed by atoms with Crippen LogP contribution in [0.5, 0.6) is 0 Å². The molecule has 0 radical (unpaired) electrons. The molecule has 0 saturated carbocycles. The van der Waals surface area contributed by atoms with Crippen LogP contribution in [-0.4, -0.2) is 18.6 Å². The van der Waals surface area contributed by atoms with Crippen LogP contribution in [0.2, 0.25) is 0 Å². The monoisotopic (exact) mass is 199 g/mol. The van der Waals surface area contributed by atoms with Gasteiger partial charge in [-0.25, -0.2) is 12.4 Å². The van der Waals surface area contributed by atoms with E-state index in [0.717, 1.165) is 10.2 Å². The fraction of sp³-hybridized carbons (Fsp3) is 0.286. The normalized spacial score (nSPS) is 11.2. The van der Waals surface area contributed by atoms with Crippen molar-refractivity contribution in [3.8, 4) is 6.07 Å². The van der Waals surface area contributed by atoms with Gasteiger partial charge in [0, 0.05) is 11.8 Å². The van der Waals surface area contributed by atoms with E-state index in [1.54, 1.807) is 13.0 Å². The molecule has 1 aromatic heterocycles. The Hall–Kier alpha value is -1.48. The molecule has 0 aromatic carbocycles. The summed E-state index contributed by atoms with van der Waals surface area (Å²) in [7, 11) is -3.43. The van der Waals surface area contributed by atoms with Gasteiger partial charge in [0.2, 0.25) is 10.0 Å². The average Bonchev–Trinajstić information content (AvgIpc) is 2.28. The number of rotatable bonds is 1. The second-order valence-corrected chi connectivity index (χ2v) is 4.59. The van der Waals surface area contributed by atoms with Crippen LogP contribution >= 0.6 is 0 Å². The Morgan fingerprint density at radius 2 is 2.15 bits per heavy atom. The third kappa shape index (κ3) is 1.51. The molecule has 1 rings (SSSR count). The van der Waals surface area contributed by atoms with E-state index >= 15 is 0 Å². The summed E-state index contributed by atoms with van der Waals surface area (Å²) in [5, 5.41) is 8.69. The Morgan fingerprint density at radius 3 is 2.46 bits per heavy atom. The van der Waals surface area contributed by atoms with Gasteiger partial charge in [0.05, 0.1) is 11.9 Å². The Morgan fingerprint density at radius 1 is 1.62 bits per heavy atom. The van der Waals surface area contributed by atoms with Gasteiger partial charge in [-0.1, -0.05) is 0 Å². The third-order valence-electron chi connectivity index (χ3n) is 1.73. The van der Waals surface area contributed by atoms with E-state index in [1.165, 1.54) is 6.20 Å². The molecule has 0 saturated heterocycles. The lowest BCUT2D eigenvalue weighted by Crippen LogP contribution is -2.10. The van der Waals surface area contributed by atoms with Crippen molar-refractivity contribution in [1.29, 1.82) is 5.26 Å². The Kier molecular flexibility index (Phi) is 2.05. The van der Waals surface area contributed by atoms with Crippen molar-refractivity contribution in [2.24, 2.45) is 0 Å². The summed E-state index contributed by atoms with van der Waals surface area (Å²) < 4.78 is 23.2. The maximum absolute atomic E-state index is 11.1. The number of hydrogen-bond donors (Lipinski definition) is 1. The number of aromatic nitrogens is 1. The molecule has 5 nitrogen and oxygen atoms in total. The van der Waals surface area contributed by atoms with Gasteiger partial charge >= 0.3 is 0 Å². The van der Waals surface area contributed by atoms with E-state index in [-0.39, 0.29) is 5.69 Å². The summed E-state index contributed by atoms with van der Waals surface area (Å²) in [5.74, 6) is 0. The highest BCUT2D eigenvalue weighted by Gasteiger charge is 2.15. The quantitative estimate of drug-likeness (QED) is 0.692. The van der Waals surface area contributed by atoms with Gasteiger partial charge in [-0.2, -0.15) is 5.26 Å². The average molecular weight is 199 g/mol.